The van der Waals surface area contributed by atoms with Crippen LogP contribution < -0.4 is 10.2 Å². The first-order chi connectivity index (χ1) is 14.2. The number of aromatic nitrogens is 2. The molecule has 2 N–H and O–H groups in total. The van der Waals surface area contributed by atoms with Gasteiger partial charge < -0.3 is 20.1 Å². The lowest BCUT2D eigenvalue weighted by atomic mass is 9.82. The van der Waals surface area contributed by atoms with Crippen molar-refractivity contribution in [2.24, 2.45) is 11.8 Å². The number of hydrogen-bond donors (Lipinski definition) is 2. The zero-order valence-electron chi connectivity index (χ0n) is 16.6. The molecule has 0 unspecified atom stereocenters. The molecule has 1 aliphatic carbocycles. The largest absolute Gasteiger partial charge is 0.481 e. The van der Waals surface area contributed by atoms with Crippen LogP contribution in [0.5, 0.6) is 0 Å². The molecule has 0 spiro atoms. The zero-order chi connectivity index (χ0) is 20.1. The Hall–Kier alpha value is -2.67. The molecular weight excluding hydrogens is 368 g/mol. The monoisotopic (exact) mass is 396 g/mol. The summed E-state index contributed by atoms with van der Waals surface area (Å²) < 4.78 is 5.48. The molecule has 7 nitrogen and oxygen atoms in total. The maximum atomic E-state index is 11.2. The third kappa shape index (κ3) is 5.03. The lowest BCUT2D eigenvalue weighted by Gasteiger charge is -2.29. The van der Waals surface area contributed by atoms with Crippen molar-refractivity contribution in [2.75, 3.05) is 43.1 Å². The average Bonchev–Trinajstić information content (AvgIpc) is 2.79. The van der Waals surface area contributed by atoms with Crippen LogP contribution in [0.2, 0.25) is 0 Å². The lowest BCUT2D eigenvalue weighted by molar-refractivity contribution is -0.143. The highest BCUT2D eigenvalue weighted by Crippen LogP contribution is 2.29. The Morgan fingerprint density at radius 3 is 2.52 bits per heavy atom. The number of morpholine rings is 1. The lowest BCUT2D eigenvalue weighted by Crippen LogP contribution is -2.37. The topological polar surface area (TPSA) is 87.6 Å². The Morgan fingerprint density at radius 2 is 1.83 bits per heavy atom. The first-order valence-electron chi connectivity index (χ1n) is 10.4. The molecule has 1 aliphatic heterocycles. The number of carboxylic acid groups (broad SMARTS) is 1. The molecule has 0 atom stereocenters. The van der Waals surface area contributed by atoms with Crippen LogP contribution in [0.4, 0.5) is 11.8 Å². The van der Waals surface area contributed by atoms with Crippen LogP contribution in [0.15, 0.2) is 36.4 Å². The van der Waals surface area contributed by atoms with Crippen molar-refractivity contribution in [3.05, 3.63) is 36.4 Å². The highest BCUT2D eigenvalue weighted by atomic mass is 16.5. The summed E-state index contributed by atoms with van der Waals surface area (Å²) in [7, 11) is 0. The van der Waals surface area contributed by atoms with Gasteiger partial charge in [-0.15, -0.1) is 0 Å². The van der Waals surface area contributed by atoms with Gasteiger partial charge in [0.2, 0.25) is 5.95 Å². The van der Waals surface area contributed by atoms with Gasteiger partial charge in [0, 0.05) is 31.3 Å². The number of anilines is 2. The number of aliphatic carboxylic acids is 1. The van der Waals surface area contributed by atoms with E-state index in [2.05, 4.69) is 22.3 Å². The molecule has 1 aromatic carbocycles. The summed E-state index contributed by atoms with van der Waals surface area (Å²) in [6.07, 6.45) is 3.37. The van der Waals surface area contributed by atoms with Crippen LogP contribution in [-0.4, -0.2) is 53.9 Å². The fourth-order valence-corrected chi connectivity index (χ4v) is 4.07. The summed E-state index contributed by atoms with van der Waals surface area (Å²) in [5, 5.41) is 12.6. The molecule has 4 rings (SSSR count). The summed E-state index contributed by atoms with van der Waals surface area (Å²) in [5.74, 6) is 1.16. The van der Waals surface area contributed by atoms with Crippen molar-refractivity contribution in [1.29, 1.82) is 0 Å². The van der Waals surface area contributed by atoms with E-state index in [0.29, 0.717) is 25.1 Å². The Bertz CT molecular complexity index is 816. The van der Waals surface area contributed by atoms with Gasteiger partial charge in [0.05, 0.1) is 24.8 Å². The van der Waals surface area contributed by atoms with E-state index in [4.69, 9.17) is 14.7 Å². The van der Waals surface area contributed by atoms with Crippen LogP contribution in [0.3, 0.4) is 0 Å². The molecule has 2 aromatic rings. The van der Waals surface area contributed by atoms with Gasteiger partial charge in [0.25, 0.3) is 0 Å². The number of hydrogen-bond acceptors (Lipinski definition) is 6. The second-order valence-electron chi connectivity index (χ2n) is 7.84. The van der Waals surface area contributed by atoms with Gasteiger partial charge in [-0.25, -0.2) is 4.98 Å². The van der Waals surface area contributed by atoms with Gasteiger partial charge >= 0.3 is 5.97 Å². The molecular formula is C22H28N4O3. The van der Waals surface area contributed by atoms with Crippen molar-refractivity contribution in [3.8, 4) is 11.3 Å². The van der Waals surface area contributed by atoms with E-state index in [1.807, 2.05) is 24.3 Å². The van der Waals surface area contributed by atoms with Gasteiger partial charge in [-0.2, -0.15) is 4.98 Å². The Kier molecular flexibility index (Phi) is 6.24. The van der Waals surface area contributed by atoms with Crippen molar-refractivity contribution >= 4 is 17.7 Å². The van der Waals surface area contributed by atoms with Crippen molar-refractivity contribution in [3.63, 3.8) is 0 Å². The first kappa shape index (κ1) is 19.6. The Labute approximate surface area is 171 Å². The molecule has 29 heavy (non-hydrogen) atoms. The minimum Gasteiger partial charge on any atom is -0.481 e. The van der Waals surface area contributed by atoms with E-state index in [1.165, 1.54) is 0 Å². The molecule has 1 saturated carbocycles. The molecule has 1 aromatic heterocycles. The normalized spacial score (nSPS) is 22.3. The van der Waals surface area contributed by atoms with E-state index in [9.17, 15) is 9.90 Å². The smallest absolute Gasteiger partial charge is 0.306 e. The van der Waals surface area contributed by atoms with Gasteiger partial charge in [-0.3, -0.25) is 4.79 Å². The quantitative estimate of drug-likeness (QED) is 0.775. The van der Waals surface area contributed by atoms with E-state index < -0.39 is 5.97 Å². The number of carbonyl (C=O) groups is 1. The predicted octanol–water partition coefficient (Wildman–Crippen LogP) is 3.28. The van der Waals surface area contributed by atoms with Crippen LogP contribution >= 0.6 is 0 Å². The van der Waals surface area contributed by atoms with Crippen molar-refractivity contribution in [2.45, 2.75) is 25.7 Å². The minimum atomic E-state index is -0.662. The molecule has 7 heteroatoms. The van der Waals surface area contributed by atoms with Crippen LogP contribution in [-0.2, 0) is 9.53 Å². The Morgan fingerprint density at radius 1 is 1.10 bits per heavy atom. The van der Waals surface area contributed by atoms with Crippen molar-refractivity contribution in [1.82, 2.24) is 9.97 Å². The first-order valence-corrected chi connectivity index (χ1v) is 10.4. The standard InChI is InChI=1S/C22H28N4O3/c27-21(28)18-8-6-16(7-9-18)15-23-22-24-19(17-4-2-1-3-5-17)14-20(25-22)26-10-12-29-13-11-26/h1-5,14,16,18H,6-13,15H2,(H,27,28)(H,23,24,25). The summed E-state index contributed by atoms with van der Waals surface area (Å²) in [4.78, 5) is 22.9. The van der Waals surface area contributed by atoms with E-state index >= 15 is 0 Å². The van der Waals surface area contributed by atoms with Gasteiger partial charge in [-0.1, -0.05) is 30.3 Å². The highest BCUT2D eigenvalue weighted by molar-refractivity contribution is 5.70. The SMILES string of the molecule is O=C(O)C1CCC(CNc2nc(-c3ccccc3)cc(N3CCOCC3)n2)CC1. The number of benzene rings is 1. The number of nitrogens with one attached hydrogen (secondary N) is 1. The summed E-state index contributed by atoms with van der Waals surface area (Å²) in [6.45, 7) is 3.83. The van der Waals surface area contributed by atoms with E-state index in [-0.39, 0.29) is 5.92 Å². The van der Waals surface area contributed by atoms with Gasteiger partial charge in [0.1, 0.15) is 5.82 Å². The number of rotatable bonds is 6. The Balaban J connectivity index is 1.49. The zero-order valence-corrected chi connectivity index (χ0v) is 16.6. The van der Waals surface area contributed by atoms with Gasteiger partial charge in [-0.05, 0) is 31.6 Å². The molecule has 154 valence electrons. The maximum Gasteiger partial charge on any atom is 0.306 e. The minimum absolute atomic E-state index is 0.183. The summed E-state index contributed by atoms with van der Waals surface area (Å²) >= 11 is 0. The number of ether oxygens (including phenoxy) is 1. The fourth-order valence-electron chi connectivity index (χ4n) is 4.07. The summed E-state index contributed by atoms with van der Waals surface area (Å²) in [6, 6.07) is 12.2. The molecule has 2 heterocycles. The molecule has 0 radical (unpaired) electrons. The third-order valence-corrected chi connectivity index (χ3v) is 5.86. The van der Waals surface area contributed by atoms with Crippen LogP contribution in [0.25, 0.3) is 11.3 Å². The van der Waals surface area contributed by atoms with Crippen LogP contribution in [0, 0.1) is 11.8 Å². The molecule has 0 amide bonds. The average molecular weight is 396 g/mol. The maximum absolute atomic E-state index is 11.2. The number of carboxylic acids is 1. The molecule has 1 saturated heterocycles. The highest BCUT2D eigenvalue weighted by Gasteiger charge is 2.26. The van der Waals surface area contributed by atoms with E-state index in [0.717, 1.165) is 62.4 Å². The van der Waals surface area contributed by atoms with Gasteiger partial charge in [0.15, 0.2) is 0 Å². The fraction of sp³-hybridized carbons (Fsp3) is 0.500. The second-order valence-corrected chi connectivity index (χ2v) is 7.84. The molecule has 2 fully saturated rings. The third-order valence-electron chi connectivity index (χ3n) is 5.86. The van der Waals surface area contributed by atoms with Crippen LogP contribution in [0.1, 0.15) is 25.7 Å². The molecule has 0 bridgehead atoms. The summed E-state index contributed by atoms with van der Waals surface area (Å²) in [5.41, 5.74) is 1.97. The number of nitrogens with zero attached hydrogens (tertiary/aromatic N) is 3. The van der Waals surface area contributed by atoms with Crippen molar-refractivity contribution < 1.29 is 14.6 Å². The second kappa shape index (κ2) is 9.22. The molecule has 2 aliphatic rings. The predicted molar refractivity (Wildman–Crippen MR) is 112 cm³/mol. The van der Waals surface area contributed by atoms with E-state index in [1.54, 1.807) is 0 Å².